The molecule has 0 amide bonds. The summed E-state index contributed by atoms with van der Waals surface area (Å²) in [4.78, 5) is 24.9. The number of aryl methyl sites for hydroxylation is 1. The van der Waals surface area contributed by atoms with Crippen LogP contribution >= 0.6 is 0 Å². The van der Waals surface area contributed by atoms with Gasteiger partial charge in [0.2, 0.25) is 11.5 Å². The lowest BCUT2D eigenvalue weighted by molar-refractivity contribution is -0.385. The molecule has 0 radical (unpaired) electrons. The molecule has 24 heavy (non-hydrogen) atoms. The van der Waals surface area contributed by atoms with Crippen molar-refractivity contribution in [2.75, 3.05) is 0 Å². The van der Waals surface area contributed by atoms with Gasteiger partial charge < -0.3 is 4.52 Å². The highest BCUT2D eigenvalue weighted by Crippen LogP contribution is 2.31. The van der Waals surface area contributed by atoms with Crippen LogP contribution in [0.25, 0.3) is 23.0 Å². The first kappa shape index (κ1) is 15.3. The zero-order chi connectivity index (χ0) is 17.4. The van der Waals surface area contributed by atoms with E-state index in [9.17, 15) is 20.2 Å². The van der Waals surface area contributed by atoms with Crippen LogP contribution < -0.4 is 0 Å². The standard InChI is InChI=1S/C13H10N6O5/c1-7-11(19(22)23)10(15-17(7)2)13-14-12(16-24-13)8-3-5-9(6-4-8)18(20)21/h3-6H,1-2H3. The predicted molar refractivity (Wildman–Crippen MR) is 80.0 cm³/mol. The maximum Gasteiger partial charge on any atom is 0.322 e. The van der Waals surface area contributed by atoms with Gasteiger partial charge in [0, 0.05) is 24.7 Å². The summed E-state index contributed by atoms with van der Waals surface area (Å²) in [6.07, 6.45) is 0. The van der Waals surface area contributed by atoms with Crippen LogP contribution in [-0.2, 0) is 7.05 Å². The SMILES string of the molecule is Cc1c([N+](=O)[O-])c(-c2nc(-c3ccc([N+](=O)[O-])cc3)no2)nn1C. The summed E-state index contributed by atoms with van der Waals surface area (Å²) in [5.74, 6) is 0.0521. The summed E-state index contributed by atoms with van der Waals surface area (Å²) in [5.41, 5.74) is 0.520. The Morgan fingerprint density at radius 3 is 2.38 bits per heavy atom. The molecule has 0 saturated heterocycles. The molecule has 11 nitrogen and oxygen atoms in total. The molecular formula is C13H10N6O5. The Hall–Kier alpha value is -3.63. The second-order valence-corrected chi connectivity index (χ2v) is 4.89. The summed E-state index contributed by atoms with van der Waals surface area (Å²) >= 11 is 0. The van der Waals surface area contributed by atoms with Crippen LogP contribution in [0.4, 0.5) is 11.4 Å². The molecule has 0 fully saturated rings. The Bertz CT molecular complexity index is 942. The van der Waals surface area contributed by atoms with Gasteiger partial charge in [-0.05, 0) is 19.1 Å². The third-order valence-electron chi connectivity index (χ3n) is 3.45. The number of benzene rings is 1. The van der Waals surface area contributed by atoms with Crippen molar-refractivity contribution in [3.05, 3.63) is 50.2 Å². The molecule has 0 N–H and O–H groups in total. The van der Waals surface area contributed by atoms with Crippen LogP contribution in [0.2, 0.25) is 0 Å². The van der Waals surface area contributed by atoms with Crippen LogP contribution in [0.3, 0.4) is 0 Å². The van der Waals surface area contributed by atoms with E-state index >= 15 is 0 Å². The van der Waals surface area contributed by atoms with E-state index in [0.29, 0.717) is 11.3 Å². The second-order valence-electron chi connectivity index (χ2n) is 4.89. The molecule has 0 unspecified atom stereocenters. The van der Waals surface area contributed by atoms with Crippen molar-refractivity contribution in [3.8, 4) is 23.0 Å². The van der Waals surface area contributed by atoms with Crippen molar-refractivity contribution < 1.29 is 14.4 Å². The summed E-state index contributed by atoms with van der Waals surface area (Å²) in [7, 11) is 1.57. The van der Waals surface area contributed by atoms with Crippen LogP contribution in [0.5, 0.6) is 0 Å². The van der Waals surface area contributed by atoms with Gasteiger partial charge in [-0.2, -0.15) is 10.1 Å². The topological polar surface area (TPSA) is 143 Å². The van der Waals surface area contributed by atoms with Gasteiger partial charge in [-0.25, -0.2) is 0 Å². The highest BCUT2D eigenvalue weighted by atomic mass is 16.6. The average Bonchev–Trinajstić information content (AvgIpc) is 3.13. The highest BCUT2D eigenvalue weighted by molar-refractivity contribution is 5.66. The van der Waals surface area contributed by atoms with Gasteiger partial charge in [0.05, 0.1) is 9.85 Å². The molecule has 11 heteroatoms. The van der Waals surface area contributed by atoms with Gasteiger partial charge in [-0.1, -0.05) is 5.16 Å². The molecule has 1 aromatic carbocycles. The molecule has 2 heterocycles. The van der Waals surface area contributed by atoms with E-state index in [4.69, 9.17) is 4.52 Å². The molecular weight excluding hydrogens is 320 g/mol. The summed E-state index contributed by atoms with van der Waals surface area (Å²) in [6.45, 7) is 1.56. The molecule has 122 valence electrons. The second kappa shape index (κ2) is 5.53. The normalized spacial score (nSPS) is 10.8. The number of aromatic nitrogens is 4. The van der Waals surface area contributed by atoms with E-state index in [2.05, 4.69) is 15.2 Å². The van der Waals surface area contributed by atoms with E-state index in [1.807, 2.05) is 0 Å². The van der Waals surface area contributed by atoms with Crippen molar-refractivity contribution in [3.63, 3.8) is 0 Å². The third kappa shape index (κ3) is 2.47. The van der Waals surface area contributed by atoms with Gasteiger partial charge in [0.1, 0.15) is 5.69 Å². The lowest BCUT2D eigenvalue weighted by Gasteiger charge is -1.93. The maximum atomic E-state index is 11.2. The molecule has 0 atom stereocenters. The Labute approximate surface area is 133 Å². The number of nitro benzene ring substituents is 1. The zero-order valence-electron chi connectivity index (χ0n) is 12.5. The molecule has 3 aromatic rings. The molecule has 0 spiro atoms. The fourth-order valence-corrected chi connectivity index (χ4v) is 2.13. The van der Waals surface area contributed by atoms with Gasteiger partial charge in [-0.15, -0.1) is 0 Å². The summed E-state index contributed by atoms with van der Waals surface area (Å²) in [5, 5.41) is 29.6. The number of hydrogen-bond donors (Lipinski definition) is 0. The van der Waals surface area contributed by atoms with Crippen molar-refractivity contribution in [2.45, 2.75) is 6.92 Å². The Balaban J connectivity index is 2.01. The third-order valence-corrected chi connectivity index (χ3v) is 3.45. The minimum Gasteiger partial charge on any atom is -0.332 e. The zero-order valence-corrected chi connectivity index (χ0v) is 12.5. The fourth-order valence-electron chi connectivity index (χ4n) is 2.13. The van der Waals surface area contributed by atoms with Crippen molar-refractivity contribution >= 4 is 11.4 Å². The van der Waals surface area contributed by atoms with Gasteiger partial charge in [-0.3, -0.25) is 24.9 Å². The average molecular weight is 330 g/mol. The minimum atomic E-state index is -0.562. The van der Waals surface area contributed by atoms with Gasteiger partial charge in [0.25, 0.3) is 11.6 Å². The number of nitro groups is 2. The molecule has 0 bridgehead atoms. The maximum absolute atomic E-state index is 11.2. The van der Waals surface area contributed by atoms with Gasteiger partial charge >= 0.3 is 5.69 Å². The van der Waals surface area contributed by atoms with E-state index in [1.165, 1.54) is 28.9 Å². The number of nitrogens with zero attached hydrogens (tertiary/aromatic N) is 6. The lowest BCUT2D eigenvalue weighted by Crippen LogP contribution is -1.94. The smallest absolute Gasteiger partial charge is 0.322 e. The lowest BCUT2D eigenvalue weighted by atomic mass is 10.2. The van der Waals surface area contributed by atoms with Crippen LogP contribution in [0.1, 0.15) is 5.69 Å². The van der Waals surface area contributed by atoms with Crippen molar-refractivity contribution in [1.82, 2.24) is 19.9 Å². The molecule has 3 rings (SSSR count). The van der Waals surface area contributed by atoms with Gasteiger partial charge in [0.15, 0.2) is 0 Å². The number of hydrogen-bond acceptors (Lipinski definition) is 8. The quantitative estimate of drug-likeness (QED) is 0.523. The molecule has 0 saturated carbocycles. The Morgan fingerprint density at radius 1 is 1.12 bits per heavy atom. The number of non-ortho nitro benzene ring substituents is 1. The minimum absolute atomic E-state index is 0.0272. The Kier molecular flexibility index (Phi) is 3.52. The first-order valence-electron chi connectivity index (χ1n) is 6.65. The summed E-state index contributed by atoms with van der Waals surface area (Å²) in [6, 6.07) is 5.53. The van der Waals surface area contributed by atoms with Crippen LogP contribution in [0, 0.1) is 27.2 Å². The molecule has 0 aliphatic carbocycles. The van der Waals surface area contributed by atoms with Crippen molar-refractivity contribution in [2.24, 2.45) is 7.05 Å². The molecule has 0 aliphatic heterocycles. The van der Waals surface area contributed by atoms with E-state index < -0.39 is 9.85 Å². The predicted octanol–water partition coefficient (Wildman–Crippen LogP) is 2.26. The van der Waals surface area contributed by atoms with Crippen LogP contribution in [0.15, 0.2) is 28.8 Å². The fraction of sp³-hybridized carbons (Fsp3) is 0.154. The Morgan fingerprint density at radius 2 is 1.79 bits per heavy atom. The summed E-state index contributed by atoms with van der Waals surface area (Å²) < 4.78 is 6.42. The van der Waals surface area contributed by atoms with E-state index in [-0.39, 0.29) is 28.8 Å². The van der Waals surface area contributed by atoms with Crippen molar-refractivity contribution in [1.29, 1.82) is 0 Å². The highest BCUT2D eigenvalue weighted by Gasteiger charge is 2.29. The first-order chi connectivity index (χ1) is 11.4. The molecule has 0 aliphatic rings. The first-order valence-corrected chi connectivity index (χ1v) is 6.65. The van der Waals surface area contributed by atoms with E-state index in [1.54, 1.807) is 14.0 Å². The number of rotatable bonds is 4. The largest absolute Gasteiger partial charge is 0.332 e. The molecule has 2 aromatic heterocycles. The monoisotopic (exact) mass is 330 g/mol. The van der Waals surface area contributed by atoms with Crippen LogP contribution in [-0.4, -0.2) is 29.8 Å². The van der Waals surface area contributed by atoms with E-state index in [0.717, 1.165) is 0 Å².